The van der Waals surface area contributed by atoms with Crippen molar-refractivity contribution in [2.24, 2.45) is 0 Å². The van der Waals surface area contributed by atoms with Crippen LogP contribution >= 0.6 is 0 Å². The minimum Gasteiger partial charge on any atom is -0.392 e. The second-order valence-corrected chi connectivity index (χ2v) is 5.39. The topological polar surface area (TPSA) is 56.3 Å². The highest BCUT2D eigenvalue weighted by atomic mass is 16.3. The SMILES string of the molecule is Cc1ccc2[nH]c(CN3CC[C@H](O)C3)cc(=O)c2c1. The monoisotopic (exact) mass is 258 g/mol. The van der Waals surface area contributed by atoms with Crippen LogP contribution in [-0.4, -0.2) is 34.2 Å². The number of pyridine rings is 1. The smallest absolute Gasteiger partial charge is 0.189 e. The largest absolute Gasteiger partial charge is 0.392 e. The third kappa shape index (κ3) is 2.55. The van der Waals surface area contributed by atoms with Gasteiger partial charge in [0.2, 0.25) is 0 Å². The van der Waals surface area contributed by atoms with Crippen molar-refractivity contribution in [3.05, 3.63) is 45.7 Å². The fourth-order valence-electron chi connectivity index (χ4n) is 2.70. The summed E-state index contributed by atoms with van der Waals surface area (Å²) >= 11 is 0. The summed E-state index contributed by atoms with van der Waals surface area (Å²) in [6, 6.07) is 7.54. The van der Waals surface area contributed by atoms with E-state index in [4.69, 9.17) is 0 Å². The first kappa shape index (κ1) is 12.4. The number of likely N-dealkylation sites (tertiary alicyclic amines) is 1. The lowest BCUT2D eigenvalue weighted by molar-refractivity contribution is 0.174. The molecule has 0 bridgehead atoms. The van der Waals surface area contributed by atoms with Crippen LogP contribution in [0.15, 0.2) is 29.1 Å². The predicted octanol–water partition coefficient (Wildman–Crippen LogP) is 1.40. The highest BCUT2D eigenvalue weighted by Gasteiger charge is 2.20. The number of benzene rings is 1. The predicted molar refractivity (Wildman–Crippen MR) is 75.2 cm³/mol. The Balaban J connectivity index is 1.93. The Morgan fingerprint density at radius 1 is 1.42 bits per heavy atom. The van der Waals surface area contributed by atoms with Gasteiger partial charge in [0, 0.05) is 42.3 Å². The Bertz CT molecular complexity index is 663. The van der Waals surface area contributed by atoms with Crippen molar-refractivity contribution in [2.75, 3.05) is 13.1 Å². The molecule has 2 N–H and O–H groups in total. The van der Waals surface area contributed by atoms with Gasteiger partial charge in [-0.05, 0) is 25.5 Å². The van der Waals surface area contributed by atoms with Crippen molar-refractivity contribution in [3.8, 4) is 0 Å². The van der Waals surface area contributed by atoms with Crippen LogP contribution < -0.4 is 5.43 Å². The fourth-order valence-corrected chi connectivity index (χ4v) is 2.70. The van der Waals surface area contributed by atoms with Gasteiger partial charge in [0.15, 0.2) is 5.43 Å². The molecular formula is C15H18N2O2. The highest BCUT2D eigenvalue weighted by molar-refractivity contribution is 5.79. The Hall–Kier alpha value is -1.65. The van der Waals surface area contributed by atoms with Crippen LogP contribution in [0.3, 0.4) is 0 Å². The first-order chi connectivity index (χ1) is 9.11. The third-order valence-corrected chi connectivity index (χ3v) is 3.68. The van der Waals surface area contributed by atoms with Crippen LogP contribution in [0, 0.1) is 6.92 Å². The summed E-state index contributed by atoms with van der Waals surface area (Å²) in [6.07, 6.45) is 0.589. The van der Waals surface area contributed by atoms with Gasteiger partial charge >= 0.3 is 0 Å². The summed E-state index contributed by atoms with van der Waals surface area (Å²) in [4.78, 5) is 17.6. The van der Waals surface area contributed by atoms with E-state index in [1.54, 1.807) is 6.07 Å². The molecule has 0 amide bonds. The van der Waals surface area contributed by atoms with Crippen LogP contribution in [0.1, 0.15) is 17.7 Å². The highest BCUT2D eigenvalue weighted by Crippen LogP contribution is 2.14. The normalized spacial score (nSPS) is 20.2. The first-order valence-corrected chi connectivity index (χ1v) is 6.65. The number of aliphatic hydroxyl groups excluding tert-OH is 1. The van der Waals surface area contributed by atoms with Crippen molar-refractivity contribution in [1.82, 2.24) is 9.88 Å². The van der Waals surface area contributed by atoms with Gasteiger partial charge in [-0.25, -0.2) is 0 Å². The molecule has 1 aromatic carbocycles. The van der Waals surface area contributed by atoms with E-state index in [9.17, 15) is 9.90 Å². The maximum absolute atomic E-state index is 12.1. The molecule has 0 radical (unpaired) electrons. The van der Waals surface area contributed by atoms with Crippen molar-refractivity contribution >= 4 is 10.9 Å². The van der Waals surface area contributed by atoms with Gasteiger partial charge in [0.1, 0.15) is 0 Å². The van der Waals surface area contributed by atoms with Crippen LogP contribution in [-0.2, 0) is 6.54 Å². The molecule has 2 heterocycles. The van der Waals surface area contributed by atoms with Crippen molar-refractivity contribution in [1.29, 1.82) is 0 Å². The number of aromatic nitrogens is 1. The van der Waals surface area contributed by atoms with Gasteiger partial charge in [-0.15, -0.1) is 0 Å². The Labute approximate surface area is 111 Å². The molecule has 1 atom stereocenters. The van der Waals surface area contributed by atoms with Gasteiger partial charge in [0.05, 0.1) is 6.10 Å². The zero-order chi connectivity index (χ0) is 13.4. The number of nitrogens with zero attached hydrogens (tertiary/aromatic N) is 1. The number of aryl methyl sites for hydroxylation is 1. The number of rotatable bonds is 2. The minimum absolute atomic E-state index is 0.0622. The molecule has 4 nitrogen and oxygen atoms in total. The molecule has 0 saturated carbocycles. The molecule has 4 heteroatoms. The van der Waals surface area contributed by atoms with Gasteiger partial charge < -0.3 is 10.1 Å². The van der Waals surface area contributed by atoms with Crippen LogP contribution in [0.2, 0.25) is 0 Å². The molecule has 100 valence electrons. The number of aromatic amines is 1. The molecule has 19 heavy (non-hydrogen) atoms. The standard InChI is InChI=1S/C15H18N2O2/c1-10-2-3-14-13(6-10)15(19)7-11(16-14)8-17-5-4-12(18)9-17/h2-3,6-7,12,18H,4-5,8-9H2,1H3,(H,16,19)/t12-/m0/s1. The van der Waals surface area contributed by atoms with E-state index in [1.807, 2.05) is 25.1 Å². The molecule has 1 aliphatic rings. The van der Waals surface area contributed by atoms with Gasteiger partial charge in [-0.2, -0.15) is 0 Å². The summed E-state index contributed by atoms with van der Waals surface area (Å²) in [5, 5.41) is 10.3. The molecule has 0 spiro atoms. The summed E-state index contributed by atoms with van der Waals surface area (Å²) in [5.41, 5.74) is 2.95. The summed E-state index contributed by atoms with van der Waals surface area (Å²) in [7, 11) is 0. The lowest BCUT2D eigenvalue weighted by Crippen LogP contribution is -2.23. The zero-order valence-electron chi connectivity index (χ0n) is 11.0. The number of hydrogen-bond acceptors (Lipinski definition) is 3. The molecule has 0 unspecified atom stereocenters. The Morgan fingerprint density at radius 2 is 2.26 bits per heavy atom. The van der Waals surface area contributed by atoms with E-state index in [0.29, 0.717) is 13.1 Å². The van der Waals surface area contributed by atoms with Gasteiger partial charge in [-0.3, -0.25) is 9.69 Å². The molecule has 1 aromatic heterocycles. The molecule has 1 fully saturated rings. The van der Waals surface area contributed by atoms with E-state index < -0.39 is 0 Å². The second-order valence-electron chi connectivity index (χ2n) is 5.39. The van der Waals surface area contributed by atoms with E-state index in [2.05, 4.69) is 9.88 Å². The number of aliphatic hydroxyl groups is 1. The number of β-amino-alcohol motifs (C(OH)–C–C–N with tert-alkyl or cyclic N) is 1. The molecule has 3 rings (SSSR count). The molecule has 1 saturated heterocycles. The lowest BCUT2D eigenvalue weighted by Gasteiger charge is -2.15. The molecule has 1 aliphatic heterocycles. The van der Waals surface area contributed by atoms with E-state index in [1.165, 1.54) is 0 Å². The average molecular weight is 258 g/mol. The number of hydrogen-bond donors (Lipinski definition) is 2. The van der Waals surface area contributed by atoms with Crippen LogP contribution in [0.25, 0.3) is 10.9 Å². The van der Waals surface area contributed by atoms with Crippen molar-refractivity contribution in [3.63, 3.8) is 0 Å². The van der Waals surface area contributed by atoms with E-state index in [0.717, 1.165) is 35.1 Å². The zero-order valence-corrected chi connectivity index (χ0v) is 11.0. The minimum atomic E-state index is -0.227. The number of nitrogens with one attached hydrogen (secondary N) is 1. The maximum atomic E-state index is 12.1. The summed E-state index contributed by atoms with van der Waals surface area (Å²) in [5.74, 6) is 0. The summed E-state index contributed by atoms with van der Waals surface area (Å²) < 4.78 is 0. The van der Waals surface area contributed by atoms with Crippen molar-refractivity contribution in [2.45, 2.75) is 26.0 Å². The lowest BCUT2D eigenvalue weighted by atomic mass is 10.1. The Morgan fingerprint density at radius 3 is 3.00 bits per heavy atom. The third-order valence-electron chi connectivity index (χ3n) is 3.68. The second kappa shape index (κ2) is 4.79. The quantitative estimate of drug-likeness (QED) is 0.856. The molecule has 2 aromatic rings. The van der Waals surface area contributed by atoms with Crippen molar-refractivity contribution < 1.29 is 5.11 Å². The van der Waals surface area contributed by atoms with E-state index >= 15 is 0 Å². The number of fused-ring (bicyclic) bond motifs is 1. The average Bonchev–Trinajstić information content (AvgIpc) is 2.76. The maximum Gasteiger partial charge on any atom is 0.189 e. The van der Waals surface area contributed by atoms with Gasteiger partial charge in [-0.1, -0.05) is 11.6 Å². The van der Waals surface area contributed by atoms with E-state index in [-0.39, 0.29) is 11.5 Å². The Kier molecular flexibility index (Phi) is 3.12. The molecule has 0 aliphatic carbocycles. The fraction of sp³-hybridized carbons (Fsp3) is 0.400. The number of H-pyrrole nitrogens is 1. The van der Waals surface area contributed by atoms with Crippen LogP contribution in [0.5, 0.6) is 0 Å². The van der Waals surface area contributed by atoms with Gasteiger partial charge in [0.25, 0.3) is 0 Å². The first-order valence-electron chi connectivity index (χ1n) is 6.65. The summed E-state index contributed by atoms with van der Waals surface area (Å²) in [6.45, 7) is 4.25. The molecular weight excluding hydrogens is 240 g/mol. The van der Waals surface area contributed by atoms with Crippen LogP contribution in [0.4, 0.5) is 0 Å².